The average molecular weight is 466 g/mol. The van der Waals surface area contributed by atoms with Gasteiger partial charge in [0.15, 0.2) is 6.04 Å². The highest BCUT2D eigenvalue weighted by atomic mass is 16.4. The van der Waals surface area contributed by atoms with Gasteiger partial charge in [-0.1, -0.05) is 12.1 Å². The molecule has 0 aliphatic carbocycles. The summed E-state index contributed by atoms with van der Waals surface area (Å²) < 4.78 is 0. The molecule has 2 amide bonds. The first-order valence-corrected chi connectivity index (χ1v) is 12.1. The smallest absolute Gasteiger partial charge is 0.312 e. The molecule has 0 aromatic carbocycles. The topological polar surface area (TPSA) is 115 Å². The van der Waals surface area contributed by atoms with Crippen molar-refractivity contribution >= 4 is 17.8 Å². The van der Waals surface area contributed by atoms with Gasteiger partial charge in [0.2, 0.25) is 0 Å². The molecular weight excluding hydrogens is 434 g/mol. The maximum atomic E-state index is 12.9. The number of piperidine rings is 2. The Morgan fingerprint density at radius 3 is 2.85 bits per heavy atom. The fourth-order valence-corrected chi connectivity index (χ4v) is 5.54. The molecule has 0 radical (unpaired) electrons. The number of carboxylic acids is 1. The Bertz CT molecular complexity index is 1010. The molecule has 1 aromatic heterocycles. The first-order valence-electron chi connectivity index (χ1n) is 12.1. The molecule has 9 nitrogen and oxygen atoms in total. The number of rotatable bonds is 7. The molecule has 9 heteroatoms. The number of nitrogens with zero attached hydrogens (tertiary/aromatic N) is 3. The first kappa shape index (κ1) is 22.7. The van der Waals surface area contributed by atoms with E-state index >= 15 is 0 Å². The lowest BCUT2D eigenvalue weighted by atomic mass is 9.89. The number of carbonyl (C=O) groups is 3. The van der Waals surface area contributed by atoms with Crippen LogP contribution in [-0.2, 0) is 14.4 Å². The zero-order valence-corrected chi connectivity index (χ0v) is 19.2. The lowest BCUT2D eigenvalue weighted by Gasteiger charge is -2.45. The number of hydrogen-bond acceptors (Lipinski definition) is 7. The molecule has 0 bridgehead atoms. The Kier molecular flexibility index (Phi) is 6.47. The van der Waals surface area contributed by atoms with E-state index in [0.717, 1.165) is 37.1 Å². The van der Waals surface area contributed by atoms with Crippen molar-refractivity contribution in [3.63, 3.8) is 0 Å². The van der Waals surface area contributed by atoms with E-state index in [9.17, 15) is 19.5 Å². The number of amides is 2. The van der Waals surface area contributed by atoms with Gasteiger partial charge in [-0.25, -0.2) is 0 Å². The predicted octanol–water partition coefficient (Wildman–Crippen LogP) is 1.21. The molecule has 3 fully saturated rings. The molecule has 4 aliphatic rings. The number of carboxylic acid groups (broad SMARTS) is 1. The van der Waals surface area contributed by atoms with E-state index in [1.54, 1.807) is 18.3 Å². The minimum Gasteiger partial charge on any atom is -0.481 e. The van der Waals surface area contributed by atoms with E-state index in [-0.39, 0.29) is 24.5 Å². The second kappa shape index (κ2) is 9.68. The van der Waals surface area contributed by atoms with Gasteiger partial charge in [-0.3, -0.25) is 34.5 Å². The van der Waals surface area contributed by atoms with E-state index in [0.29, 0.717) is 24.6 Å². The highest BCUT2D eigenvalue weighted by Crippen LogP contribution is 2.31. The predicted molar refractivity (Wildman–Crippen MR) is 124 cm³/mol. The van der Waals surface area contributed by atoms with Crippen LogP contribution in [0.25, 0.3) is 0 Å². The van der Waals surface area contributed by atoms with Crippen molar-refractivity contribution in [3.05, 3.63) is 53.5 Å². The SMILES string of the molecule is O=C(O)[C@H](CN1C(=O)C(N2CCCC(CC3=CC=C4CCCNC4N3)C2)C1=O)c1cccnc1. The molecule has 3 atom stereocenters. The Morgan fingerprint density at radius 1 is 1.24 bits per heavy atom. The summed E-state index contributed by atoms with van der Waals surface area (Å²) in [4.78, 5) is 44.7. The Hall–Kier alpha value is -3.04. The van der Waals surface area contributed by atoms with Gasteiger partial charge in [-0.2, -0.15) is 0 Å². The summed E-state index contributed by atoms with van der Waals surface area (Å²) in [5, 5.41) is 16.8. The molecule has 0 saturated carbocycles. The summed E-state index contributed by atoms with van der Waals surface area (Å²) >= 11 is 0. The number of dihydropyridines is 1. The third-order valence-electron chi connectivity index (χ3n) is 7.36. The average Bonchev–Trinajstić information content (AvgIpc) is 2.85. The maximum Gasteiger partial charge on any atom is 0.312 e. The molecule has 5 rings (SSSR count). The van der Waals surface area contributed by atoms with Crippen molar-refractivity contribution in [2.45, 2.75) is 50.2 Å². The number of pyridine rings is 1. The van der Waals surface area contributed by atoms with Crippen LogP contribution < -0.4 is 10.6 Å². The van der Waals surface area contributed by atoms with Gasteiger partial charge in [-0.05, 0) is 74.4 Å². The molecule has 5 heterocycles. The summed E-state index contributed by atoms with van der Waals surface area (Å²) in [7, 11) is 0. The lowest BCUT2D eigenvalue weighted by Crippen LogP contribution is -2.69. The van der Waals surface area contributed by atoms with Crippen LogP contribution in [0.1, 0.15) is 43.6 Å². The number of aliphatic carboxylic acids is 1. The van der Waals surface area contributed by atoms with E-state index in [2.05, 4.69) is 27.8 Å². The molecule has 180 valence electrons. The largest absolute Gasteiger partial charge is 0.481 e. The Labute approximate surface area is 198 Å². The number of hydrogen-bond donors (Lipinski definition) is 3. The minimum atomic E-state index is -1.08. The van der Waals surface area contributed by atoms with Crippen LogP contribution in [0.5, 0.6) is 0 Å². The van der Waals surface area contributed by atoms with Crippen molar-refractivity contribution in [3.8, 4) is 0 Å². The highest BCUT2D eigenvalue weighted by molar-refractivity contribution is 6.21. The zero-order chi connectivity index (χ0) is 23.7. The van der Waals surface area contributed by atoms with Crippen molar-refractivity contribution in [2.24, 2.45) is 5.92 Å². The summed E-state index contributed by atoms with van der Waals surface area (Å²) in [6.45, 7) is 2.25. The summed E-state index contributed by atoms with van der Waals surface area (Å²) in [6, 6.07) is 2.52. The van der Waals surface area contributed by atoms with Crippen LogP contribution >= 0.6 is 0 Å². The maximum absolute atomic E-state index is 12.9. The molecule has 3 N–H and O–H groups in total. The van der Waals surface area contributed by atoms with Crippen LogP contribution in [0.15, 0.2) is 47.9 Å². The fourth-order valence-electron chi connectivity index (χ4n) is 5.54. The third-order valence-corrected chi connectivity index (χ3v) is 7.36. The van der Waals surface area contributed by atoms with E-state index in [1.165, 1.54) is 23.9 Å². The number of carbonyl (C=O) groups excluding carboxylic acids is 2. The van der Waals surface area contributed by atoms with Gasteiger partial charge in [0.05, 0.1) is 6.17 Å². The number of β-lactam (4-membered cyclic amide) rings is 2. The summed E-state index contributed by atoms with van der Waals surface area (Å²) in [6.07, 6.45) is 12.8. The first-order chi connectivity index (χ1) is 16.5. The number of likely N-dealkylation sites (tertiary alicyclic amines) is 2. The van der Waals surface area contributed by atoms with Crippen molar-refractivity contribution in [1.82, 2.24) is 25.4 Å². The molecule has 2 unspecified atom stereocenters. The van der Waals surface area contributed by atoms with Gasteiger partial charge in [-0.15, -0.1) is 0 Å². The monoisotopic (exact) mass is 465 g/mol. The van der Waals surface area contributed by atoms with Gasteiger partial charge < -0.3 is 10.4 Å². The molecule has 1 aromatic rings. The summed E-state index contributed by atoms with van der Waals surface area (Å²) in [5.41, 5.74) is 3.08. The van der Waals surface area contributed by atoms with Crippen LogP contribution in [0.2, 0.25) is 0 Å². The lowest BCUT2D eigenvalue weighted by molar-refractivity contribution is -0.169. The molecule has 4 aliphatic heterocycles. The zero-order valence-electron chi connectivity index (χ0n) is 19.2. The quantitative estimate of drug-likeness (QED) is 0.407. The van der Waals surface area contributed by atoms with Gasteiger partial charge in [0.25, 0.3) is 11.8 Å². The van der Waals surface area contributed by atoms with Gasteiger partial charge in [0, 0.05) is 31.2 Å². The normalized spacial score (nSPS) is 26.6. The fraction of sp³-hybridized carbons (Fsp3) is 0.520. The number of allylic oxidation sites excluding steroid dienone is 3. The molecule has 0 spiro atoms. The number of imide groups is 1. The highest BCUT2D eigenvalue weighted by Gasteiger charge is 2.51. The number of aromatic nitrogens is 1. The molecule has 34 heavy (non-hydrogen) atoms. The van der Waals surface area contributed by atoms with Crippen LogP contribution in [0.3, 0.4) is 0 Å². The van der Waals surface area contributed by atoms with Crippen molar-refractivity contribution in [2.75, 3.05) is 26.2 Å². The standard InChI is InChI=1S/C25H31N5O4/c31-23-21(24(32)30(23)15-20(25(33)34)18-6-1-9-26-13-18)29-11-3-4-16(14-29)12-19-8-7-17-5-2-10-27-22(17)28-19/h1,6-9,13,16,20-22,27-28H,2-5,10-12,14-15H2,(H,33,34)/t16?,20-,22?/m1/s1. The molecule has 3 saturated heterocycles. The molecular formula is C25H31N5O4. The van der Waals surface area contributed by atoms with E-state index < -0.39 is 17.9 Å². The van der Waals surface area contributed by atoms with Crippen LogP contribution in [0.4, 0.5) is 0 Å². The van der Waals surface area contributed by atoms with Gasteiger partial charge in [0.1, 0.15) is 5.92 Å². The minimum absolute atomic E-state index is 0.160. The van der Waals surface area contributed by atoms with Crippen molar-refractivity contribution < 1.29 is 19.5 Å². The number of nitrogens with one attached hydrogen (secondary N) is 2. The van der Waals surface area contributed by atoms with Gasteiger partial charge >= 0.3 is 5.97 Å². The Balaban J connectivity index is 1.19. The van der Waals surface area contributed by atoms with Crippen LogP contribution in [0, 0.1) is 5.92 Å². The van der Waals surface area contributed by atoms with Crippen molar-refractivity contribution in [1.29, 1.82) is 0 Å². The van der Waals surface area contributed by atoms with Crippen LogP contribution in [-0.4, -0.2) is 76.1 Å². The van der Waals surface area contributed by atoms with E-state index in [1.807, 2.05) is 4.90 Å². The third kappa shape index (κ3) is 4.50. The number of fused-ring (bicyclic) bond motifs is 1. The Morgan fingerprint density at radius 2 is 2.09 bits per heavy atom. The van der Waals surface area contributed by atoms with E-state index in [4.69, 9.17) is 0 Å². The second-order valence-corrected chi connectivity index (χ2v) is 9.64. The summed E-state index contributed by atoms with van der Waals surface area (Å²) in [5.74, 6) is -2.28. The second-order valence-electron chi connectivity index (χ2n) is 9.64.